The number of Topliss-reactive ketones (excluding diaryl/α,β-unsaturated/α-hetero) is 1. The Kier molecular flexibility index (Phi) is 6.85. The summed E-state index contributed by atoms with van der Waals surface area (Å²) in [4.78, 5) is 40.9. The molecule has 0 radical (unpaired) electrons. The van der Waals surface area contributed by atoms with Crippen LogP contribution < -0.4 is 0 Å². The van der Waals surface area contributed by atoms with E-state index in [-0.39, 0.29) is 36.4 Å². The number of carbonyl (C=O) groups excluding carboxylic acids is 3. The molecule has 2 aliphatic rings. The van der Waals surface area contributed by atoms with E-state index >= 15 is 0 Å². The molecule has 2 saturated heterocycles. The van der Waals surface area contributed by atoms with Gasteiger partial charge in [0.1, 0.15) is 0 Å². The van der Waals surface area contributed by atoms with Crippen molar-refractivity contribution in [1.29, 1.82) is 0 Å². The Hall–Kier alpha value is -1.92. The summed E-state index contributed by atoms with van der Waals surface area (Å²) in [5, 5.41) is 0.414. The fraction of sp³-hybridized carbons (Fsp3) is 0.550. The van der Waals surface area contributed by atoms with Crippen LogP contribution in [0.4, 0.5) is 0 Å². The molecule has 2 fully saturated rings. The van der Waals surface area contributed by atoms with Crippen LogP contribution in [0, 0.1) is 5.92 Å². The van der Waals surface area contributed by atoms with Gasteiger partial charge in [-0.05, 0) is 25.0 Å². The van der Waals surface area contributed by atoms with Crippen LogP contribution in [0.15, 0.2) is 24.3 Å². The normalized spacial score (nSPS) is 18.4. The van der Waals surface area contributed by atoms with Crippen molar-refractivity contribution in [2.45, 2.75) is 25.7 Å². The highest BCUT2D eigenvalue weighted by molar-refractivity contribution is 6.34. The molecule has 0 aliphatic carbocycles. The lowest BCUT2D eigenvalue weighted by atomic mass is 9.94. The van der Waals surface area contributed by atoms with Crippen LogP contribution in [0.5, 0.6) is 0 Å². The number of carbonyl (C=O) groups is 3. The van der Waals surface area contributed by atoms with Crippen LogP contribution in [0.1, 0.15) is 36.0 Å². The molecule has 0 spiro atoms. The van der Waals surface area contributed by atoms with Gasteiger partial charge in [0.25, 0.3) is 0 Å². The van der Waals surface area contributed by atoms with Crippen molar-refractivity contribution in [2.24, 2.45) is 5.92 Å². The lowest BCUT2D eigenvalue weighted by Gasteiger charge is -2.35. The summed E-state index contributed by atoms with van der Waals surface area (Å²) in [7, 11) is 0. The third-order valence-electron chi connectivity index (χ3n) is 5.26. The number of piperidine rings is 1. The number of rotatable bonds is 5. The van der Waals surface area contributed by atoms with E-state index in [0.717, 1.165) is 0 Å². The zero-order chi connectivity index (χ0) is 19.2. The second kappa shape index (κ2) is 9.33. The molecular formula is C20H25ClN2O4. The van der Waals surface area contributed by atoms with Crippen LogP contribution >= 0.6 is 11.6 Å². The predicted octanol–water partition coefficient (Wildman–Crippen LogP) is 2.40. The molecule has 0 saturated carbocycles. The molecule has 6 nitrogen and oxygen atoms in total. The van der Waals surface area contributed by atoms with Gasteiger partial charge in [-0.15, -0.1) is 0 Å². The second-order valence-electron chi connectivity index (χ2n) is 7.00. The predicted molar refractivity (Wildman–Crippen MR) is 102 cm³/mol. The van der Waals surface area contributed by atoms with Crippen molar-refractivity contribution in [3.05, 3.63) is 34.9 Å². The molecule has 0 unspecified atom stereocenters. The van der Waals surface area contributed by atoms with E-state index in [1.165, 1.54) is 0 Å². The summed E-state index contributed by atoms with van der Waals surface area (Å²) in [5.41, 5.74) is 0.460. The Morgan fingerprint density at radius 2 is 1.63 bits per heavy atom. The van der Waals surface area contributed by atoms with E-state index in [1.807, 2.05) is 4.90 Å². The highest BCUT2D eigenvalue weighted by Crippen LogP contribution is 2.22. The lowest BCUT2D eigenvalue weighted by molar-refractivity contribution is -0.143. The van der Waals surface area contributed by atoms with Crippen molar-refractivity contribution in [3.63, 3.8) is 0 Å². The zero-order valence-corrected chi connectivity index (χ0v) is 16.1. The first-order chi connectivity index (χ1) is 13.1. The van der Waals surface area contributed by atoms with Crippen molar-refractivity contribution >= 4 is 29.2 Å². The molecular weight excluding hydrogens is 368 g/mol. The first kappa shape index (κ1) is 19.8. The van der Waals surface area contributed by atoms with Gasteiger partial charge in [-0.2, -0.15) is 0 Å². The third-order valence-corrected chi connectivity index (χ3v) is 5.59. The zero-order valence-electron chi connectivity index (χ0n) is 15.4. The average Bonchev–Trinajstić information content (AvgIpc) is 2.72. The highest BCUT2D eigenvalue weighted by Gasteiger charge is 2.30. The third kappa shape index (κ3) is 5.08. The minimum Gasteiger partial charge on any atom is -0.378 e. The summed E-state index contributed by atoms with van der Waals surface area (Å²) in [6, 6.07) is 6.88. The average molecular weight is 393 g/mol. The number of nitrogens with zero attached hydrogens (tertiary/aromatic N) is 2. The van der Waals surface area contributed by atoms with Gasteiger partial charge in [0.05, 0.1) is 18.2 Å². The Balaban J connectivity index is 1.44. The fourth-order valence-corrected chi connectivity index (χ4v) is 3.86. The topological polar surface area (TPSA) is 66.9 Å². The van der Waals surface area contributed by atoms with E-state index in [1.54, 1.807) is 29.2 Å². The summed E-state index contributed by atoms with van der Waals surface area (Å²) in [6.45, 7) is 3.65. The molecule has 0 atom stereocenters. The smallest absolute Gasteiger partial charge is 0.225 e. The van der Waals surface area contributed by atoms with Crippen molar-refractivity contribution in [3.8, 4) is 0 Å². The quantitative estimate of drug-likeness (QED) is 0.722. The summed E-state index contributed by atoms with van der Waals surface area (Å²) in [5.74, 6) is 0.00945. The van der Waals surface area contributed by atoms with E-state index in [0.29, 0.717) is 62.8 Å². The van der Waals surface area contributed by atoms with Gasteiger partial charge in [-0.3, -0.25) is 14.4 Å². The van der Waals surface area contributed by atoms with Crippen molar-refractivity contribution in [2.75, 3.05) is 39.4 Å². The van der Waals surface area contributed by atoms with Crippen LogP contribution in [-0.2, 0) is 14.3 Å². The number of ketones is 1. The molecule has 2 heterocycles. The molecule has 1 aromatic carbocycles. The lowest BCUT2D eigenvalue weighted by Crippen LogP contribution is -2.47. The first-order valence-corrected chi connectivity index (χ1v) is 9.86. The molecule has 2 aliphatic heterocycles. The Morgan fingerprint density at radius 1 is 0.963 bits per heavy atom. The van der Waals surface area contributed by atoms with Gasteiger partial charge in [0.15, 0.2) is 5.78 Å². The van der Waals surface area contributed by atoms with Gasteiger partial charge in [0, 0.05) is 50.5 Å². The Bertz CT molecular complexity index is 695. The number of hydrogen-bond acceptors (Lipinski definition) is 4. The minimum atomic E-state index is -0.119. The standard InChI is InChI=1S/C20H25ClN2O4/c21-17-4-2-1-3-16(17)18(24)5-6-19(25)22-9-7-15(8-10-22)20(26)23-11-13-27-14-12-23/h1-4,15H,5-14H2. The number of halogens is 1. The molecule has 0 aromatic heterocycles. The molecule has 1 aromatic rings. The maximum Gasteiger partial charge on any atom is 0.225 e. The van der Waals surface area contributed by atoms with Gasteiger partial charge < -0.3 is 14.5 Å². The number of morpholine rings is 1. The van der Waals surface area contributed by atoms with E-state index < -0.39 is 0 Å². The fourth-order valence-electron chi connectivity index (χ4n) is 3.62. The van der Waals surface area contributed by atoms with E-state index in [2.05, 4.69) is 0 Å². The molecule has 2 amide bonds. The molecule has 27 heavy (non-hydrogen) atoms. The first-order valence-electron chi connectivity index (χ1n) is 9.48. The van der Waals surface area contributed by atoms with Gasteiger partial charge in [-0.25, -0.2) is 0 Å². The molecule has 3 rings (SSSR count). The van der Waals surface area contributed by atoms with Crippen LogP contribution in [0.3, 0.4) is 0 Å². The highest BCUT2D eigenvalue weighted by atomic mass is 35.5. The number of amides is 2. The summed E-state index contributed by atoms with van der Waals surface area (Å²) >= 11 is 6.03. The van der Waals surface area contributed by atoms with Gasteiger partial charge in [0.2, 0.25) is 11.8 Å². The Morgan fingerprint density at radius 3 is 2.30 bits per heavy atom. The van der Waals surface area contributed by atoms with Crippen LogP contribution in [0.25, 0.3) is 0 Å². The molecule has 146 valence electrons. The summed E-state index contributed by atoms with van der Waals surface area (Å²) in [6.07, 6.45) is 1.68. The largest absolute Gasteiger partial charge is 0.378 e. The van der Waals surface area contributed by atoms with Crippen LogP contribution in [-0.4, -0.2) is 66.8 Å². The maximum absolute atomic E-state index is 12.5. The monoisotopic (exact) mass is 392 g/mol. The number of benzene rings is 1. The van der Waals surface area contributed by atoms with E-state index in [4.69, 9.17) is 16.3 Å². The Labute approximate surface area is 164 Å². The molecule has 0 N–H and O–H groups in total. The maximum atomic E-state index is 12.5. The number of ether oxygens (including phenoxy) is 1. The van der Waals surface area contributed by atoms with E-state index in [9.17, 15) is 14.4 Å². The number of likely N-dealkylation sites (tertiary alicyclic amines) is 1. The van der Waals surface area contributed by atoms with Gasteiger partial charge >= 0.3 is 0 Å². The molecule has 0 bridgehead atoms. The molecule has 7 heteroatoms. The summed E-state index contributed by atoms with van der Waals surface area (Å²) < 4.78 is 5.29. The van der Waals surface area contributed by atoms with Crippen molar-refractivity contribution < 1.29 is 19.1 Å². The van der Waals surface area contributed by atoms with Crippen molar-refractivity contribution in [1.82, 2.24) is 9.80 Å². The minimum absolute atomic E-state index is 0.0168. The SMILES string of the molecule is O=C(CCC(=O)N1CCC(C(=O)N2CCOCC2)CC1)c1ccccc1Cl. The second-order valence-corrected chi connectivity index (χ2v) is 7.40. The van der Waals surface area contributed by atoms with Crippen LogP contribution in [0.2, 0.25) is 5.02 Å². The number of hydrogen-bond donors (Lipinski definition) is 0. The van der Waals surface area contributed by atoms with Gasteiger partial charge in [-0.1, -0.05) is 23.7 Å².